The van der Waals surface area contributed by atoms with Gasteiger partial charge in [0.05, 0.1) is 24.2 Å². The maximum atomic E-state index is 9.81. The average Bonchev–Trinajstić information content (AvgIpc) is 3.36. The number of rotatable bonds is 13. The summed E-state index contributed by atoms with van der Waals surface area (Å²) in [5, 5.41) is 21.3. The van der Waals surface area contributed by atoms with Crippen LogP contribution in [0.1, 0.15) is 64.5 Å². The van der Waals surface area contributed by atoms with Gasteiger partial charge in [-0.05, 0) is 42.5 Å². The van der Waals surface area contributed by atoms with E-state index in [0.717, 1.165) is 72.7 Å². The normalized spacial score (nSPS) is 11.4. The predicted octanol–water partition coefficient (Wildman–Crippen LogP) is 9.09. The van der Waals surface area contributed by atoms with Crippen LogP contribution in [0.3, 0.4) is 0 Å². The van der Waals surface area contributed by atoms with E-state index < -0.39 is 0 Å². The molecule has 1 aromatic carbocycles. The van der Waals surface area contributed by atoms with Crippen molar-refractivity contribution < 1.29 is 4.74 Å². The third-order valence-corrected chi connectivity index (χ3v) is 8.04. The van der Waals surface area contributed by atoms with Crippen LogP contribution < -0.4 is 9.64 Å². The minimum absolute atomic E-state index is 0.496. The molecule has 3 rings (SSSR count). The standard InChI is InChI=1S/C30H39N5OS/c1-7-22(8-2)18-35(19-23(9-3)10-4)28-15-21(5)27(16-29(28)36-6)33-34-30-24(17-31)25(20-37-30)26-13-11-12-14-32-26/h11-16,20,22-23H,7-10,18-19H2,1-6H3. The van der Waals surface area contributed by atoms with Crippen molar-refractivity contribution in [2.45, 2.75) is 60.3 Å². The molecule has 0 N–H and O–H groups in total. The molecule has 2 heterocycles. The molecule has 0 spiro atoms. The molecular weight excluding hydrogens is 478 g/mol. The van der Waals surface area contributed by atoms with Crippen molar-refractivity contribution in [1.29, 1.82) is 5.26 Å². The maximum absolute atomic E-state index is 9.81. The van der Waals surface area contributed by atoms with Gasteiger partial charge in [0.25, 0.3) is 0 Å². The Balaban J connectivity index is 1.96. The van der Waals surface area contributed by atoms with Crippen LogP contribution in [0.15, 0.2) is 52.1 Å². The van der Waals surface area contributed by atoms with E-state index in [0.29, 0.717) is 22.4 Å². The Bertz CT molecular complexity index is 1190. The lowest BCUT2D eigenvalue weighted by Crippen LogP contribution is -2.34. The predicted molar refractivity (Wildman–Crippen MR) is 155 cm³/mol. The van der Waals surface area contributed by atoms with Gasteiger partial charge in [-0.15, -0.1) is 21.6 Å². The first-order chi connectivity index (χ1) is 18.0. The van der Waals surface area contributed by atoms with Crippen molar-refractivity contribution in [3.05, 3.63) is 53.0 Å². The molecule has 0 aliphatic carbocycles. The van der Waals surface area contributed by atoms with Gasteiger partial charge in [0.15, 0.2) is 5.00 Å². The molecule has 0 aliphatic heterocycles. The molecule has 0 radical (unpaired) electrons. The Morgan fingerprint density at radius 2 is 1.70 bits per heavy atom. The first kappa shape index (κ1) is 28.3. The maximum Gasteiger partial charge on any atom is 0.157 e. The van der Waals surface area contributed by atoms with Crippen LogP contribution in [0, 0.1) is 30.1 Å². The quantitative estimate of drug-likeness (QED) is 0.212. The molecule has 0 bridgehead atoms. The van der Waals surface area contributed by atoms with E-state index in [1.165, 1.54) is 11.3 Å². The van der Waals surface area contributed by atoms with Crippen LogP contribution in [0.2, 0.25) is 0 Å². The van der Waals surface area contributed by atoms with Gasteiger partial charge in [0.2, 0.25) is 0 Å². The van der Waals surface area contributed by atoms with Gasteiger partial charge in [-0.1, -0.05) is 59.4 Å². The van der Waals surface area contributed by atoms with E-state index in [2.05, 4.69) is 66.9 Å². The highest BCUT2D eigenvalue weighted by molar-refractivity contribution is 7.14. The average molecular weight is 518 g/mol. The number of azo groups is 1. The number of aromatic nitrogens is 1. The Morgan fingerprint density at radius 1 is 1.03 bits per heavy atom. The molecular formula is C30H39N5OS. The fourth-order valence-corrected chi connectivity index (χ4v) is 5.34. The summed E-state index contributed by atoms with van der Waals surface area (Å²) in [6.45, 7) is 13.2. The largest absolute Gasteiger partial charge is 0.495 e. The molecule has 0 saturated heterocycles. The van der Waals surface area contributed by atoms with E-state index >= 15 is 0 Å². The zero-order chi connectivity index (χ0) is 26.8. The van der Waals surface area contributed by atoms with Crippen molar-refractivity contribution in [3.8, 4) is 23.1 Å². The lowest BCUT2D eigenvalue weighted by atomic mass is 9.98. The second-order valence-corrected chi connectivity index (χ2v) is 10.3. The fraction of sp³-hybridized carbons (Fsp3) is 0.467. The number of methoxy groups -OCH3 is 1. The molecule has 2 aromatic heterocycles. The molecule has 3 aromatic rings. The molecule has 0 fully saturated rings. The molecule has 196 valence electrons. The number of anilines is 1. The van der Waals surface area contributed by atoms with Crippen LogP contribution >= 0.6 is 11.3 Å². The summed E-state index contributed by atoms with van der Waals surface area (Å²) in [6.07, 6.45) is 6.36. The summed E-state index contributed by atoms with van der Waals surface area (Å²) in [7, 11) is 1.72. The fourth-order valence-electron chi connectivity index (χ4n) is 4.51. The van der Waals surface area contributed by atoms with E-state index in [1.54, 1.807) is 13.3 Å². The van der Waals surface area contributed by atoms with Gasteiger partial charge in [0, 0.05) is 36.3 Å². The molecule has 0 saturated carbocycles. The highest BCUT2D eigenvalue weighted by Crippen LogP contribution is 2.40. The second-order valence-electron chi connectivity index (χ2n) is 9.44. The summed E-state index contributed by atoms with van der Waals surface area (Å²) in [6, 6.07) is 12.1. The van der Waals surface area contributed by atoms with Gasteiger partial charge < -0.3 is 9.64 Å². The van der Waals surface area contributed by atoms with E-state index in [1.807, 2.05) is 29.6 Å². The van der Waals surface area contributed by atoms with Crippen LogP contribution in [0.4, 0.5) is 16.4 Å². The van der Waals surface area contributed by atoms with Gasteiger partial charge in [0.1, 0.15) is 17.4 Å². The van der Waals surface area contributed by atoms with Crippen LogP contribution in [0.5, 0.6) is 5.75 Å². The summed E-state index contributed by atoms with van der Waals surface area (Å²) >= 11 is 1.40. The second kappa shape index (κ2) is 13.9. The van der Waals surface area contributed by atoms with Crippen LogP contribution in [0.25, 0.3) is 11.3 Å². The first-order valence-electron chi connectivity index (χ1n) is 13.3. The van der Waals surface area contributed by atoms with Gasteiger partial charge >= 0.3 is 0 Å². The Morgan fingerprint density at radius 3 is 2.24 bits per heavy atom. The number of pyridine rings is 1. The Labute approximate surface area is 226 Å². The van der Waals surface area contributed by atoms with E-state index in [9.17, 15) is 5.26 Å². The molecule has 0 amide bonds. The van der Waals surface area contributed by atoms with Gasteiger partial charge in [-0.2, -0.15) is 5.26 Å². The zero-order valence-electron chi connectivity index (χ0n) is 23.0. The van der Waals surface area contributed by atoms with Crippen molar-refractivity contribution in [1.82, 2.24) is 4.98 Å². The van der Waals surface area contributed by atoms with Crippen LogP contribution in [-0.4, -0.2) is 25.2 Å². The third-order valence-electron chi connectivity index (χ3n) is 7.18. The number of ether oxygens (including phenoxy) is 1. The summed E-state index contributed by atoms with van der Waals surface area (Å²) in [4.78, 5) is 6.89. The van der Waals surface area contributed by atoms with Crippen molar-refractivity contribution in [2.24, 2.45) is 22.1 Å². The number of hydrogen-bond donors (Lipinski definition) is 0. The summed E-state index contributed by atoms with van der Waals surface area (Å²) in [5.41, 5.74) is 4.92. The molecule has 6 nitrogen and oxygen atoms in total. The first-order valence-corrected chi connectivity index (χ1v) is 14.2. The molecule has 7 heteroatoms. The summed E-state index contributed by atoms with van der Waals surface area (Å²) < 4.78 is 5.88. The monoisotopic (exact) mass is 517 g/mol. The highest BCUT2D eigenvalue weighted by atomic mass is 32.1. The number of aryl methyl sites for hydroxylation is 1. The summed E-state index contributed by atoms with van der Waals surface area (Å²) in [5.74, 6) is 2.07. The molecule has 0 aliphatic rings. The zero-order valence-corrected chi connectivity index (χ0v) is 23.8. The number of benzene rings is 1. The minimum Gasteiger partial charge on any atom is -0.495 e. The molecule has 37 heavy (non-hydrogen) atoms. The molecule has 0 unspecified atom stereocenters. The van der Waals surface area contributed by atoms with Crippen molar-refractivity contribution >= 4 is 27.7 Å². The van der Waals surface area contributed by atoms with Crippen LogP contribution in [-0.2, 0) is 0 Å². The van der Waals surface area contributed by atoms with Crippen molar-refractivity contribution in [3.63, 3.8) is 0 Å². The highest BCUT2D eigenvalue weighted by Gasteiger charge is 2.21. The topological polar surface area (TPSA) is 73.9 Å². The number of hydrogen-bond acceptors (Lipinski definition) is 7. The third kappa shape index (κ3) is 6.95. The number of nitriles is 1. The van der Waals surface area contributed by atoms with E-state index in [4.69, 9.17) is 4.74 Å². The van der Waals surface area contributed by atoms with Gasteiger partial charge in [-0.3, -0.25) is 4.98 Å². The number of thiophene rings is 1. The SMILES string of the molecule is CCC(CC)CN(CC(CC)CC)c1cc(C)c(N=Nc2scc(-c3ccccn3)c2C#N)cc1OC. The van der Waals surface area contributed by atoms with E-state index in [-0.39, 0.29) is 0 Å². The number of nitrogens with zero attached hydrogens (tertiary/aromatic N) is 5. The lowest BCUT2D eigenvalue weighted by Gasteiger charge is -2.33. The smallest absolute Gasteiger partial charge is 0.157 e. The lowest BCUT2D eigenvalue weighted by molar-refractivity contribution is 0.403. The molecule has 0 atom stereocenters. The minimum atomic E-state index is 0.496. The van der Waals surface area contributed by atoms with Gasteiger partial charge in [-0.25, -0.2) is 0 Å². The van der Waals surface area contributed by atoms with Crippen molar-refractivity contribution in [2.75, 3.05) is 25.1 Å². The Hall–Kier alpha value is -3.24. The Kier molecular flexibility index (Phi) is 10.6.